The van der Waals surface area contributed by atoms with E-state index in [9.17, 15) is 13.5 Å². The summed E-state index contributed by atoms with van der Waals surface area (Å²) < 4.78 is 25.4. The standard InChI is InChI=1S/C10H12ClNO3S/c11-8-1-3-10(4-2-8)16(14,15)12-6-5-9(13)7-12/h1-4,9,13H,5-7H2. The molecule has 1 fully saturated rings. The fourth-order valence-electron chi connectivity index (χ4n) is 1.68. The molecule has 4 nitrogen and oxygen atoms in total. The Morgan fingerprint density at radius 1 is 1.31 bits per heavy atom. The van der Waals surface area contributed by atoms with Gasteiger partial charge in [0.05, 0.1) is 11.0 Å². The van der Waals surface area contributed by atoms with Crippen LogP contribution in [0, 0.1) is 0 Å². The fourth-order valence-corrected chi connectivity index (χ4v) is 3.30. The summed E-state index contributed by atoms with van der Waals surface area (Å²) in [6.07, 6.45) is -0.0608. The van der Waals surface area contributed by atoms with Gasteiger partial charge in [-0.05, 0) is 30.7 Å². The average Bonchev–Trinajstić information content (AvgIpc) is 2.66. The van der Waals surface area contributed by atoms with Gasteiger partial charge in [0.1, 0.15) is 0 Å². The van der Waals surface area contributed by atoms with Crippen molar-refractivity contribution in [1.29, 1.82) is 0 Å². The lowest BCUT2D eigenvalue weighted by Gasteiger charge is -2.15. The second kappa shape index (κ2) is 4.33. The third-order valence-corrected chi connectivity index (χ3v) is 4.71. The van der Waals surface area contributed by atoms with E-state index >= 15 is 0 Å². The normalized spacial score (nSPS) is 22.5. The van der Waals surface area contributed by atoms with Crippen molar-refractivity contribution in [2.45, 2.75) is 17.4 Å². The molecule has 0 spiro atoms. The van der Waals surface area contributed by atoms with Crippen LogP contribution in [0.4, 0.5) is 0 Å². The predicted molar refractivity (Wildman–Crippen MR) is 60.8 cm³/mol. The average molecular weight is 262 g/mol. The minimum Gasteiger partial charge on any atom is -0.392 e. The molecule has 1 saturated heterocycles. The largest absolute Gasteiger partial charge is 0.392 e. The first-order valence-electron chi connectivity index (χ1n) is 4.94. The maximum absolute atomic E-state index is 12.1. The van der Waals surface area contributed by atoms with Crippen LogP contribution in [0.2, 0.25) is 5.02 Å². The molecule has 1 atom stereocenters. The van der Waals surface area contributed by atoms with E-state index in [1.165, 1.54) is 16.4 Å². The molecule has 0 aliphatic carbocycles. The van der Waals surface area contributed by atoms with Crippen molar-refractivity contribution in [3.8, 4) is 0 Å². The first kappa shape index (κ1) is 11.9. The zero-order chi connectivity index (χ0) is 11.8. The van der Waals surface area contributed by atoms with E-state index in [1.54, 1.807) is 12.1 Å². The van der Waals surface area contributed by atoms with Gasteiger partial charge >= 0.3 is 0 Å². The highest BCUT2D eigenvalue weighted by molar-refractivity contribution is 7.89. The number of benzene rings is 1. The number of hydrogen-bond donors (Lipinski definition) is 1. The number of nitrogens with zero attached hydrogens (tertiary/aromatic N) is 1. The van der Waals surface area contributed by atoms with Crippen LogP contribution >= 0.6 is 11.6 Å². The van der Waals surface area contributed by atoms with Crippen LogP contribution in [0.5, 0.6) is 0 Å². The maximum Gasteiger partial charge on any atom is 0.243 e. The Labute approximate surface area is 99.5 Å². The third kappa shape index (κ3) is 2.22. The Bertz CT molecular complexity index is 471. The van der Waals surface area contributed by atoms with Crippen molar-refractivity contribution < 1.29 is 13.5 Å². The van der Waals surface area contributed by atoms with Crippen LogP contribution in [0.15, 0.2) is 29.2 Å². The molecule has 0 saturated carbocycles. The Kier molecular flexibility index (Phi) is 3.21. The molecule has 0 aromatic heterocycles. The van der Waals surface area contributed by atoms with Crippen LogP contribution in [-0.2, 0) is 10.0 Å². The van der Waals surface area contributed by atoms with Crippen LogP contribution in [-0.4, -0.2) is 37.0 Å². The van der Waals surface area contributed by atoms with Crippen molar-refractivity contribution in [1.82, 2.24) is 4.31 Å². The van der Waals surface area contributed by atoms with Crippen LogP contribution in [0.25, 0.3) is 0 Å². The van der Waals surface area contributed by atoms with Crippen LogP contribution < -0.4 is 0 Å². The Balaban J connectivity index is 2.29. The second-order valence-corrected chi connectivity index (χ2v) is 6.13. The topological polar surface area (TPSA) is 57.6 Å². The van der Waals surface area contributed by atoms with Crippen molar-refractivity contribution in [2.24, 2.45) is 0 Å². The Morgan fingerprint density at radius 3 is 2.44 bits per heavy atom. The molecule has 1 unspecified atom stereocenters. The summed E-state index contributed by atoms with van der Waals surface area (Å²) in [5, 5.41) is 9.83. The third-order valence-electron chi connectivity index (χ3n) is 2.58. The SMILES string of the molecule is O=S(=O)(c1ccc(Cl)cc1)N1CCC(O)C1. The van der Waals surface area contributed by atoms with E-state index in [1.807, 2.05) is 0 Å². The molecule has 0 radical (unpaired) electrons. The zero-order valence-electron chi connectivity index (χ0n) is 8.51. The van der Waals surface area contributed by atoms with E-state index in [4.69, 9.17) is 11.6 Å². The Hall–Kier alpha value is -0.620. The Morgan fingerprint density at radius 2 is 1.94 bits per heavy atom. The minimum atomic E-state index is -3.47. The summed E-state index contributed by atoms with van der Waals surface area (Å²) in [5.41, 5.74) is 0. The monoisotopic (exact) mass is 261 g/mol. The molecule has 1 heterocycles. The number of halogens is 1. The van der Waals surface area contributed by atoms with Gasteiger partial charge in [0, 0.05) is 18.1 Å². The highest BCUT2D eigenvalue weighted by Crippen LogP contribution is 2.22. The van der Waals surface area contributed by atoms with E-state index in [-0.39, 0.29) is 11.4 Å². The fraction of sp³-hybridized carbons (Fsp3) is 0.400. The van der Waals surface area contributed by atoms with Gasteiger partial charge in [-0.25, -0.2) is 8.42 Å². The number of rotatable bonds is 2. The quantitative estimate of drug-likeness (QED) is 0.867. The molecule has 1 aliphatic heterocycles. The molecule has 1 aromatic carbocycles. The number of aliphatic hydroxyl groups is 1. The molecule has 0 bridgehead atoms. The summed E-state index contributed by atoms with van der Waals surface area (Å²) in [5.74, 6) is 0. The molecule has 88 valence electrons. The lowest BCUT2D eigenvalue weighted by atomic mass is 10.3. The summed E-state index contributed by atoms with van der Waals surface area (Å²) in [6, 6.07) is 6.03. The van der Waals surface area contributed by atoms with Gasteiger partial charge in [-0.2, -0.15) is 4.31 Å². The molecule has 1 aromatic rings. The number of aliphatic hydroxyl groups excluding tert-OH is 1. The molecule has 1 N–H and O–H groups in total. The van der Waals surface area contributed by atoms with E-state index in [0.29, 0.717) is 18.0 Å². The van der Waals surface area contributed by atoms with Crippen LogP contribution in [0.1, 0.15) is 6.42 Å². The van der Waals surface area contributed by atoms with E-state index in [0.717, 1.165) is 0 Å². The maximum atomic E-state index is 12.1. The van der Waals surface area contributed by atoms with Gasteiger partial charge in [0.15, 0.2) is 0 Å². The number of sulfonamides is 1. The van der Waals surface area contributed by atoms with Gasteiger partial charge in [-0.15, -0.1) is 0 Å². The highest BCUT2D eigenvalue weighted by Gasteiger charge is 2.31. The lowest BCUT2D eigenvalue weighted by molar-refractivity contribution is 0.189. The first-order chi connectivity index (χ1) is 7.50. The minimum absolute atomic E-state index is 0.172. The molecular formula is C10H12ClNO3S. The van der Waals surface area contributed by atoms with Crippen LogP contribution in [0.3, 0.4) is 0 Å². The highest BCUT2D eigenvalue weighted by atomic mass is 35.5. The smallest absolute Gasteiger partial charge is 0.243 e. The molecule has 6 heteroatoms. The van der Waals surface area contributed by atoms with Gasteiger partial charge in [-0.3, -0.25) is 0 Å². The summed E-state index contributed by atoms with van der Waals surface area (Å²) in [6.45, 7) is 0.539. The molecule has 0 amide bonds. The van der Waals surface area contributed by atoms with Gasteiger partial charge in [0.25, 0.3) is 0 Å². The molecule has 2 rings (SSSR count). The molecule has 16 heavy (non-hydrogen) atoms. The lowest BCUT2D eigenvalue weighted by Crippen LogP contribution is -2.29. The number of β-amino-alcohol motifs (C(OH)–C–C–N with tert-alkyl or cyclic N) is 1. The predicted octanol–water partition coefficient (Wildman–Crippen LogP) is 1.10. The number of hydrogen-bond acceptors (Lipinski definition) is 3. The first-order valence-corrected chi connectivity index (χ1v) is 6.76. The second-order valence-electron chi connectivity index (χ2n) is 3.76. The van der Waals surface area contributed by atoms with E-state index in [2.05, 4.69) is 0 Å². The van der Waals surface area contributed by atoms with Crippen molar-refractivity contribution in [2.75, 3.05) is 13.1 Å². The zero-order valence-corrected chi connectivity index (χ0v) is 10.1. The van der Waals surface area contributed by atoms with Gasteiger partial charge in [-0.1, -0.05) is 11.6 Å². The molecule has 1 aliphatic rings. The van der Waals surface area contributed by atoms with Gasteiger partial charge < -0.3 is 5.11 Å². The van der Waals surface area contributed by atoms with Gasteiger partial charge in [0.2, 0.25) is 10.0 Å². The van der Waals surface area contributed by atoms with Crippen molar-refractivity contribution >= 4 is 21.6 Å². The van der Waals surface area contributed by atoms with Crippen molar-refractivity contribution in [3.05, 3.63) is 29.3 Å². The summed E-state index contributed by atoms with van der Waals surface area (Å²) >= 11 is 5.70. The summed E-state index contributed by atoms with van der Waals surface area (Å²) in [7, 11) is -3.47. The summed E-state index contributed by atoms with van der Waals surface area (Å²) in [4.78, 5) is 0.214. The van der Waals surface area contributed by atoms with Crippen molar-refractivity contribution in [3.63, 3.8) is 0 Å². The molecular weight excluding hydrogens is 250 g/mol. The van der Waals surface area contributed by atoms with E-state index < -0.39 is 16.1 Å².